The van der Waals surface area contributed by atoms with E-state index in [0.717, 1.165) is 36.3 Å². The second-order valence-electron chi connectivity index (χ2n) is 5.07. The molecule has 0 aliphatic carbocycles. The highest BCUT2D eigenvalue weighted by Crippen LogP contribution is 2.24. The minimum Gasteiger partial charge on any atom is -0.389 e. The average Bonchev–Trinajstić information content (AvgIpc) is 2.53. The molecule has 0 aliphatic rings. The molecule has 0 heterocycles. The molecular formula is C18H22N2S. The Kier molecular flexibility index (Phi) is 5.48. The van der Waals surface area contributed by atoms with E-state index in [1.165, 1.54) is 5.56 Å². The molecule has 0 amide bonds. The molecule has 2 N–H and O–H groups in total. The molecule has 2 aromatic rings. The van der Waals surface area contributed by atoms with Crippen LogP contribution in [-0.4, -0.2) is 23.0 Å². The van der Waals surface area contributed by atoms with Crippen LogP contribution in [0.5, 0.6) is 0 Å². The first kappa shape index (κ1) is 15.7. The van der Waals surface area contributed by atoms with E-state index in [4.69, 9.17) is 18.0 Å². The molecule has 0 unspecified atom stereocenters. The average molecular weight is 298 g/mol. The molecule has 0 saturated carbocycles. The molecule has 0 atom stereocenters. The zero-order chi connectivity index (χ0) is 15.2. The maximum atomic E-state index is 5.81. The molecule has 0 radical (unpaired) electrons. The van der Waals surface area contributed by atoms with Crippen molar-refractivity contribution in [3.8, 4) is 11.1 Å². The molecule has 2 aromatic carbocycles. The zero-order valence-electron chi connectivity index (χ0n) is 12.7. The standard InChI is InChI=1S/C18H22N2S/c1-3-20(4-2)13-14-9-11-15(12-10-14)16-7-5-6-8-17(16)18(19)21/h5-12H,3-4,13H2,1-2H3,(H2,19,21). The Morgan fingerprint density at radius 1 is 1.00 bits per heavy atom. The van der Waals surface area contributed by atoms with Crippen LogP contribution in [0.3, 0.4) is 0 Å². The minimum absolute atomic E-state index is 0.442. The van der Waals surface area contributed by atoms with Gasteiger partial charge in [0.25, 0.3) is 0 Å². The summed E-state index contributed by atoms with van der Waals surface area (Å²) in [6.07, 6.45) is 0. The van der Waals surface area contributed by atoms with Crippen LogP contribution in [0.15, 0.2) is 48.5 Å². The highest BCUT2D eigenvalue weighted by atomic mass is 32.1. The Morgan fingerprint density at radius 2 is 1.62 bits per heavy atom. The Labute approximate surface area is 132 Å². The van der Waals surface area contributed by atoms with Gasteiger partial charge in [0.2, 0.25) is 0 Å². The summed E-state index contributed by atoms with van der Waals surface area (Å²) in [4.78, 5) is 2.84. The molecule has 3 heteroatoms. The second-order valence-corrected chi connectivity index (χ2v) is 5.51. The van der Waals surface area contributed by atoms with Crippen molar-refractivity contribution in [2.45, 2.75) is 20.4 Å². The van der Waals surface area contributed by atoms with Crippen LogP contribution in [-0.2, 0) is 6.54 Å². The Morgan fingerprint density at radius 3 is 2.19 bits per heavy atom. The predicted octanol–water partition coefficient (Wildman–Crippen LogP) is 3.83. The molecule has 2 nitrogen and oxygen atoms in total. The normalized spacial score (nSPS) is 10.8. The van der Waals surface area contributed by atoms with Crippen molar-refractivity contribution in [1.82, 2.24) is 4.90 Å². The van der Waals surface area contributed by atoms with Gasteiger partial charge in [-0.2, -0.15) is 0 Å². The summed E-state index contributed by atoms with van der Waals surface area (Å²) in [6, 6.07) is 16.7. The largest absolute Gasteiger partial charge is 0.389 e. The third kappa shape index (κ3) is 3.90. The van der Waals surface area contributed by atoms with Crippen molar-refractivity contribution in [2.75, 3.05) is 13.1 Å². The lowest BCUT2D eigenvalue weighted by molar-refractivity contribution is 0.296. The van der Waals surface area contributed by atoms with Crippen LogP contribution in [0.1, 0.15) is 25.0 Å². The van der Waals surface area contributed by atoms with E-state index < -0.39 is 0 Å². The number of nitrogens with zero attached hydrogens (tertiary/aromatic N) is 1. The van der Waals surface area contributed by atoms with E-state index in [0.29, 0.717) is 4.99 Å². The Bertz CT molecular complexity index is 601. The van der Waals surface area contributed by atoms with Crippen molar-refractivity contribution in [1.29, 1.82) is 0 Å². The Hall–Kier alpha value is -1.71. The number of rotatable bonds is 6. The van der Waals surface area contributed by atoms with Gasteiger partial charge in [0.15, 0.2) is 0 Å². The van der Waals surface area contributed by atoms with Gasteiger partial charge >= 0.3 is 0 Å². The lowest BCUT2D eigenvalue weighted by atomic mass is 9.98. The quantitative estimate of drug-likeness (QED) is 0.822. The first-order valence-corrected chi connectivity index (χ1v) is 7.77. The van der Waals surface area contributed by atoms with Crippen LogP contribution in [0.2, 0.25) is 0 Å². The topological polar surface area (TPSA) is 29.3 Å². The van der Waals surface area contributed by atoms with Crippen molar-refractivity contribution >= 4 is 17.2 Å². The molecule has 110 valence electrons. The summed E-state index contributed by atoms with van der Waals surface area (Å²) in [5, 5.41) is 0. The molecule has 0 bridgehead atoms. The van der Waals surface area contributed by atoms with Gasteiger partial charge in [-0.05, 0) is 29.8 Å². The van der Waals surface area contributed by atoms with E-state index in [9.17, 15) is 0 Å². The summed E-state index contributed by atoms with van der Waals surface area (Å²) < 4.78 is 0. The molecule has 2 rings (SSSR count). The second kappa shape index (κ2) is 7.34. The zero-order valence-corrected chi connectivity index (χ0v) is 13.5. The van der Waals surface area contributed by atoms with Gasteiger partial charge in [0.1, 0.15) is 4.99 Å². The monoisotopic (exact) mass is 298 g/mol. The molecule has 21 heavy (non-hydrogen) atoms. The SMILES string of the molecule is CCN(CC)Cc1ccc(-c2ccccc2C(N)=S)cc1. The highest BCUT2D eigenvalue weighted by molar-refractivity contribution is 7.80. The minimum atomic E-state index is 0.442. The lowest BCUT2D eigenvalue weighted by Gasteiger charge is -2.18. The lowest BCUT2D eigenvalue weighted by Crippen LogP contribution is -2.21. The summed E-state index contributed by atoms with van der Waals surface area (Å²) in [5.74, 6) is 0. The van der Waals surface area contributed by atoms with Crippen LogP contribution >= 0.6 is 12.2 Å². The number of benzene rings is 2. The molecule has 0 aromatic heterocycles. The fraction of sp³-hybridized carbons (Fsp3) is 0.278. The van der Waals surface area contributed by atoms with Gasteiger partial charge in [-0.3, -0.25) is 4.90 Å². The first-order chi connectivity index (χ1) is 10.2. The predicted molar refractivity (Wildman–Crippen MR) is 94.4 cm³/mol. The fourth-order valence-corrected chi connectivity index (χ4v) is 2.62. The maximum absolute atomic E-state index is 5.81. The first-order valence-electron chi connectivity index (χ1n) is 7.36. The summed E-state index contributed by atoms with van der Waals surface area (Å²) in [6.45, 7) is 7.52. The third-order valence-electron chi connectivity index (χ3n) is 3.76. The van der Waals surface area contributed by atoms with Gasteiger partial charge in [0.05, 0.1) is 0 Å². The summed E-state index contributed by atoms with van der Waals surface area (Å²) >= 11 is 5.13. The van der Waals surface area contributed by atoms with E-state index in [1.807, 2.05) is 18.2 Å². The van der Waals surface area contributed by atoms with Crippen LogP contribution < -0.4 is 5.73 Å². The summed E-state index contributed by atoms with van der Waals surface area (Å²) in [7, 11) is 0. The van der Waals surface area contributed by atoms with Crippen LogP contribution in [0.4, 0.5) is 0 Å². The molecule has 0 aliphatic heterocycles. The van der Waals surface area contributed by atoms with Crippen LogP contribution in [0.25, 0.3) is 11.1 Å². The maximum Gasteiger partial charge on any atom is 0.104 e. The number of hydrogen-bond acceptors (Lipinski definition) is 2. The Balaban J connectivity index is 2.25. The number of hydrogen-bond donors (Lipinski definition) is 1. The highest BCUT2D eigenvalue weighted by Gasteiger charge is 2.07. The molecular weight excluding hydrogens is 276 g/mol. The molecule has 0 saturated heterocycles. The smallest absolute Gasteiger partial charge is 0.104 e. The van der Waals surface area contributed by atoms with Gasteiger partial charge in [0, 0.05) is 12.1 Å². The van der Waals surface area contributed by atoms with Crippen molar-refractivity contribution in [2.24, 2.45) is 5.73 Å². The third-order valence-corrected chi connectivity index (χ3v) is 3.98. The van der Waals surface area contributed by atoms with Gasteiger partial charge in [-0.25, -0.2) is 0 Å². The van der Waals surface area contributed by atoms with E-state index >= 15 is 0 Å². The van der Waals surface area contributed by atoms with Crippen LogP contribution in [0, 0.1) is 0 Å². The van der Waals surface area contributed by atoms with Crippen molar-refractivity contribution in [3.63, 3.8) is 0 Å². The van der Waals surface area contributed by atoms with Crippen molar-refractivity contribution in [3.05, 3.63) is 59.7 Å². The number of nitrogens with two attached hydrogens (primary N) is 1. The van der Waals surface area contributed by atoms with Crippen molar-refractivity contribution < 1.29 is 0 Å². The van der Waals surface area contributed by atoms with Gasteiger partial charge in [-0.15, -0.1) is 0 Å². The van der Waals surface area contributed by atoms with Gasteiger partial charge in [-0.1, -0.05) is 74.6 Å². The van der Waals surface area contributed by atoms with E-state index in [2.05, 4.69) is 49.1 Å². The number of thiocarbonyl (C=S) groups is 1. The fourth-order valence-electron chi connectivity index (χ4n) is 2.44. The van der Waals surface area contributed by atoms with E-state index in [-0.39, 0.29) is 0 Å². The molecule has 0 spiro atoms. The molecule has 0 fully saturated rings. The summed E-state index contributed by atoms with van der Waals surface area (Å²) in [5.41, 5.74) is 10.3. The van der Waals surface area contributed by atoms with E-state index in [1.54, 1.807) is 0 Å². The van der Waals surface area contributed by atoms with Gasteiger partial charge < -0.3 is 5.73 Å².